The lowest BCUT2D eigenvalue weighted by atomic mass is 9.96. The summed E-state index contributed by atoms with van der Waals surface area (Å²) in [5.41, 5.74) is 3.72. The van der Waals surface area contributed by atoms with Gasteiger partial charge in [-0.05, 0) is 36.4 Å². The van der Waals surface area contributed by atoms with E-state index in [4.69, 9.17) is 4.74 Å². The maximum Gasteiger partial charge on any atom is 0.338 e. The minimum absolute atomic E-state index is 0.0216. The Kier molecular flexibility index (Phi) is 5.99. The zero-order chi connectivity index (χ0) is 22.0. The number of nitrogens with one attached hydrogen (secondary N) is 2. The van der Waals surface area contributed by atoms with Gasteiger partial charge in [0.25, 0.3) is 0 Å². The van der Waals surface area contributed by atoms with E-state index in [1.54, 1.807) is 11.8 Å². The predicted molar refractivity (Wildman–Crippen MR) is 117 cm³/mol. The normalized spacial score (nSPS) is 17.9. The molecule has 0 radical (unpaired) electrons. The predicted octanol–water partition coefficient (Wildman–Crippen LogP) is 2.91. The summed E-state index contributed by atoms with van der Waals surface area (Å²) in [5.74, 6) is -0.788. The third-order valence-corrected chi connectivity index (χ3v) is 6.10. The zero-order valence-electron chi connectivity index (χ0n) is 17.3. The number of benzene rings is 2. The Hall–Kier alpha value is -3.26. The molecule has 8 heteroatoms. The van der Waals surface area contributed by atoms with Gasteiger partial charge in [0.1, 0.15) is 13.2 Å². The minimum atomic E-state index is -0.597. The molecular formula is C23H23N3O4S. The molecule has 2 aromatic rings. The average molecular weight is 438 g/mol. The molecule has 2 aromatic carbocycles. The Morgan fingerprint density at radius 2 is 1.87 bits per heavy atom. The number of hydrogen-bond acceptors (Lipinski definition) is 5. The molecule has 31 heavy (non-hydrogen) atoms. The van der Waals surface area contributed by atoms with Crippen LogP contribution in [-0.4, -0.2) is 42.2 Å². The topological polar surface area (TPSA) is 87.7 Å². The van der Waals surface area contributed by atoms with Crippen molar-refractivity contribution in [2.24, 2.45) is 0 Å². The minimum Gasteiger partial charge on any atom is -0.456 e. The number of rotatable bonds is 6. The second kappa shape index (κ2) is 8.85. The fraction of sp³-hybridized carbons (Fsp3) is 0.261. The number of cyclic esters (lactones) is 1. The molecule has 3 amide bonds. The van der Waals surface area contributed by atoms with E-state index in [1.165, 1.54) is 4.90 Å². The molecule has 160 valence electrons. The number of aryl methyl sites for hydroxylation is 1. The van der Waals surface area contributed by atoms with Crippen LogP contribution in [0.3, 0.4) is 0 Å². The lowest BCUT2D eigenvalue weighted by Gasteiger charge is -2.32. The summed E-state index contributed by atoms with van der Waals surface area (Å²) in [6.45, 7) is 2.15. The average Bonchev–Trinajstić information content (AvgIpc) is 3.16. The number of nitrogens with zero attached hydrogens (tertiary/aromatic N) is 1. The Morgan fingerprint density at radius 1 is 1.16 bits per heavy atom. The molecule has 2 aliphatic rings. The van der Waals surface area contributed by atoms with E-state index < -0.39 is 18.0 Å². The van der Waals surface area contributed by atoms with Crippen molar-refractivity contribution in [3.63, 3.8) is 0 Å². The van der Waals surface area contributed by atoms with E-state index in [9.17, 15) is 14.4 Å². The molecule has 0 saturated heterocycles. The van der Waals surface area contributed by atoms with Gasteiger partial charge in [-0.15, -0.1) is 11.8 Å². The van der Waals surface area contributed by atoms with Crippen molar-refractivity contribution in [3.05, 3.63) is 76.5 Å². The van der Waals surface area contributed by atoms with Gasteiger partial charge in [-0.1, -0.05) is 42.0 Å². The molecular weight excluding hydrogens is 414 g/mol. The van der Waals surface area contributed by atoms with Gasteiger partial charge >= 0.3 is 12.0 Å². The molecule has 1 unspecified atom stereocenters. The van der Waals surface area contributed by atoms with Crippen LogP contribution in [0, 0.1) is 6.92 Å². The van der Waals surface area contributed by atoms with Gasteiger partial charge in [0.2, 0.25) is 5.91 Å². The first-order chi connectivity index (χ1) is 15.0. The van der Waals surface area contributed by atoms with E-state index in [0.717, 1.165) is 21.6 Å². The maximum atomic E-state index is 12.8. The van der Waals surface area contributed by atoms with Gasteiger partial charge in [0.15, 0.2) is 0 Å². The van der Waals surface area contributed by atoms with Gasteiger partial charge in [-0.3, -0.25) is 9.69 Å². The number of amides is 3. The lowest BCUT2D eigenvalue weighted by Crippen LogP contribution is -2.50. The largest absolute Gasteiger partial charge is 0.456 e. The number of carbonyl (C=O) groups is 3. The van der Waals surface area contributed by atoms with Crippen LogP contribution in [0.15, 0.2) is 64.7 Å². The molecule has 0 saturated carbocycles. The van der Waals surface area contributed by atoms with Crippen LogP contribution < -0.4 is 10.6 Å². The Balaban J connectivity index is 1.50. The summed E-state index contributed by atoms with van der Waals surface area (Å²) in [4.78, 5) is 40.1. The van der Waals surface area contributed by atoms with Crippen molar-refractivity contribution in [2.75, 3.05) is 19.4 Å². The van der Waals surface area contributed by atoms with Crippen LogP contribution in [0.5, 0.6) is 0 Å². The lowest BCUT2D eigenvalue weighted by molar-refractivity contribution is -0.136. The fourth-order valence-corrected chi connectivity index (χ4v) is 4.04. The van der Waals surface area contributed by atoms with Gasteiger partial charge in [0, 0.05) is 11.4 Å². The molecule has 0 bridgehead atoms. The second-order valence-electron chi connectivity index (χ2n) is 7.44. The molecule has 0 aromatic heterocycles. The number of ether oxygens (including phenoxy) is 1. The van der Waals surface area contributed by atoms with Crippen LogP contribution in [0.1, 0.15) is 22.7 Å². The van der Waals surface area contributed by atoms with Crippen molar-refractivity contribution in [2.45, 2.75) is 24.4 Å². The smallest absolute Gasteiger partial charge is 0.338 e. The standard InChI is InChI=1S/C23H23N3O4S/c1-14-3-5-15(6-4-14)11-24-19(27)12-26-18-13-30-22(28)20(18)21(25-23(26)29)16-7-9-17(31-2)10-8-16/h3-10,21H,11-13H2,1-2H3,(H,24,27)(H,25,29). The van der Waals surface area contributed by atoms with Crippen LogP contribution in [0.25, 0.3) is 0 Å². The first-order valence-electron chi connectivity index (χ1n) is 9.90. The van der Waals surface area contributed by atoms with Gasteiger partial charge in [0.05, 0.1) is 17.3 Å². The van der Waals surface area contributed by atoms with Gasteiger partial charge in [-0.2, -0.15) is 0 Å². The Bertz CT molecular complexity index is 1050. The van der Waals surface area contributed by atoms with Crippen molar-refractivity contribution in [1.82, 2.24) is 15.5 Å². The third-order valence-electron chi connectivity index (χ3n) is 5.36. The van der Waals surface area contributed by atoms with E-state index in [-0.39, 0.29) is 19.1 Å². The zero-order valence-corrected chi connectivity index (χ0v) is 18.1. The molecule has 0 aliphatic carbocycles. The summed E-state index contributed by atoms with van der Waals surface area (Å²) in [6, 6.07) is 14.5. The second-order valence-corrected chi connectivity index (χ2v) is 8.32. The Labute approximate surface area is 184 Å². The first kappa shape index (κ1) is 21.0. The number of hydrogen-bond donors (Lipinski definition) is 2. The third kappa shape index (κ3) is 4.44. The SMILES string of the molecule is CSc1ccc(C2NC(=O)N(CC(=O)NCc3ccc(C)cc3)C3=C2C(=O)OC3)cc1. The van der Waals surface area contributed by atoms with Crippen molar-refractivity contribution < 1.29 is 19.1 Å². The summed E-state index contributed by atoms with van der Waals surface area (Å²) >= 11 is 1.61. The molecule has 7 nitrogen and oxygen atoms in total. The quantitative estimate of drug-likeness (QED) is 0.536. The number of urea groups is 1. The highest BCUT2D eigenvalue weighted by atomic mass is 32.2. The molecule has 2 aliphatic heterocycles. The number of carbonyl (C=O) groups excluding carboxylic acids is 3. The maximum absolute atomic E-state index is 12.8. The molecule has 4 rings (SSSR count). The van der Waals surface area contributed by atoms with Gasteiger partial charge in [-0.25, -0.2) is 9.59 Å². The monoisotopic (exact) mass is 437 g/mol. The van der Waals surface area contributed by atoms with Crippen molar-refractivity contribution in [1.29, 1.82) is 0 Å². The molecule has 0 spiro atoms. The van der Waals surface area contributed by atoms with E-state index >= 15 is 0 Å². The van der Waals surface area contributed by atoms with E-state index in [1.807, 2.05) is 61.7 Å². The summed E-state index contributed by atoms with van der Waals surface area (Å²) in [5, 5.41) is 5.67. The summed E-state index contributed by atoms with van der Waals surface area (Å²) < 4.78 is 5.21. The molecule has 1 atom stereocenters. The van der Waals surface area contributed by atoms with E-state index in [2.05, 4.69) is 10.6 Å². The van der Waals surface area contributed by atoms with Crippen LogP contribution in [0.4, 0.5) is 4.79 Å². The van der Waals surface area contributed by atoms with Crippen LogP contribution in [-0.2, 0) is 20.9 Å². The van der Waals surface area contributed by atoms with Crippen LogP contribution >= 0.6 is 11.8 Å². The highest BCUT2D eigenvalue weighted by Gasteiger charge is 2.42. The fourth-order valence-electron chi connectivity index (χ4n) is 3.63. The molecule has 2 heterocycles. The van der Waals surface area contributed by atoms with E-state index in [0.29, 0.717) is 17.8 Å². The summed E-state index contributed by atoms with van der Waals surface area (Å²) in [7, 11) is 0. The summed E-state index contributed by atoms with van der Waals surface area (Å²) in [6.07, 6.45) is 1.98. The van der Waals surface area contributed by atoms with Crippen molar-refractivity contribution in [3.8, 4) is 0 Å². The van der Waals surface area contributed by atoms with Crippen molar-refractivity contribution >= 4 is 29.7 Å². The number of esters is 1. The first-order valence-corrected chi connectivity index (χ1v) is 11.1. The molecule has 2 N–H and O–H groups in total. The highest BCUT2D eigenvalue weighted by molar-refractivity contribution is 7.98. The molecule has 0 fully saturated rings. The Morgan fingerprint density at radius 3 is 2.55 bits per heavy atom. The highest BCUT2D eigenvalue weighted by Crippen LogP contribution is 2.35. The van der Waals surface area contributed by atoms with Crippen LogP contribution in [0.2, 0.25) is 0 Å². The number of thioether (sulfide) groups is 1. The van der Waals surface area contributed by atoms with Gasteiger partial charge < -0.3 is 15.4 Å².